The van der Waals surface area contributed by atoms with Crippen molar-refractivity contribution in [1.82, 2.24) is 8.80 Å². The van der Waals surface area contributed by atoms with E-state index in [1.807, 2.05) is 0 Å². The van der Waals surface area contributed by atoms with E-state index < -0.39 is 0 Å². The van der Waals surface area contributed by atoms with Crippen molar-refractivity contribution in [2.45, 2.75) is 38.5 Å². The summed E-state index contributed by atoms with van der Waals surface area (Å²) in [6.07, 6.45) is 7.39. The Bertz CT molecular complexity index is 5170. The highest BCUT2D eigenvalue weighted by atomic mass is 16.3. The van der Waals surface area contributed by atoms with Crippen LogP contribution in [0.3, 0.4) is 0 Å². The van der Waals surface area contributed by atoms with E-state index in [0.717, 1.165) is 81.1 Å². The van der Waals surface area contributed by atoms with Crippen LogP contribution in [-0.4, -0.2) is 8.80 Å². The van der Waals surface area contributed by atoms with Crippen molar-refractivity contribution in [3.63, 3.8) is 0 Å². The zero-order chi connectivity index (χ0) is 51.8. The number of hydrogen-bond acceptors (Lipinski definition) is 3. The lowest BCUT2D eigenvalue weighted by atomic mass is 9.82. The van der Waals surface area contributed by atoms with Gasteiger partial charge < -0.3 is 23.0 Å². The molecule has 79 heavy (non-hydrogen) atoms. The molecule has 0 N–H and O–H groups in total. The Labute approximate surface area is 456 Å². The second-order valence-corrected chi connectivity index (χ2v) is 22.7. The van der Waals surface area contributed by atoms with Gasteiger partial charge in [-0.3, -0.25) is 0 Å². The smallest absolute Gasteiger partial charge is 0.135 e. The van der Waals surface area contributed by atoms with E-state index in [4.69, 9.17) is 4.42 Å². The average molecular weight is 1010 g/mol. The number of rotatable bonds is 6. The topological polar surface area (TPSA) is 28.4 Å². The summed E-state index contributed by atoms with van der Waals surface area (Å²) in [5, 5.41) is 8.39. The molecule has 0 bridgehead atoms. The summed E-state index contributed by atoms with van der Waals surface area (Å²) in [7, 11) is 0. The zero-order valence-electron chi connectivity index (χ0n) is 43.8. The van der Waals surface area contributed by atoms with Crippen LogP contribution in [0.25, 0.3) is 105 Å². The van der Waals surface area contributed by atoms with E-state index in [1.165, 1.54) is 104 Å². The number of aromatic nitrogens is 2. The second-order valence-electron chi connectivity index (χ2n) is 22.7. The normalized spacial score (nSPS) is 14.1. The van der Waals surface area contributed by atoms with Crippen LogP contribution in [0.15, 0.2) is 229 Å². The predicted molar refractivity (Wildman–Crippen MR) is 329 cm³/mol. The van der Waals surface area contributed by atoms with Crippen molar-refractivity contribution in [2.24, 2.45) is 0 Å². The van der Waals surface area contributed by atoms with Crippen molar-refractivity contribution in [2.75, 3.05) is 9.80 Å². The molecule has 0 aliphatic heterocycles. The van der Waals surface area contributed by atoms with Gasteiger partial charge in [-0.1, -0.05) is 159 Å². The average Bonchev–Trinajstić information content (AvgIpc) is 3.38. The molecule has 0 spiro atoms. The fourth-order valence-electron chi connectivity index (χ4n) is 14.8. The molecule has 0 fully saturated rings. The number of anilines is 6. The molecule has 0 saturated heterocycles. The molecule has 18 rings (SSSR count). The largest absolute Gasteiger partial charge is 0.460 e. The maximum atomic E-state index is 6.53. The van der Waals surface area contributed by atoms with Crippen molar-refractivity contribution in [1.29, 1.82) is 0 Å². The first kappa shape index (κ1) is 43.3. The fraction of sp³-hybridized carbons (Fsp3) is 0.0811. The minimum atomic E-state index is -0.171. The van der Waals surface area contributed by atoms with Crippen LogP contribution in [-0.2, 0) is 18.3 Å². The molecular formula is C74H50N4O. The third-order valence-electron chi connectivity index (χ3n) is 18.2. The third-order valence-corrected chi connectivity index (χ3v) is 18.2. The number of para-hydroxylation sites is 2. The molecule has 3 aliphatic carbocycles. The van der Waals surface area contributed by atoms with Crippen molar-refractivity contribution in [3.8, 4) is 22.3 Å². The maximum absolute atomic E-state index is 6.53. The molecule has 0 saturated carbocycles. The van der Waals surface area contributed by atoms with E-state index in [2.05, 4.69) is 263 Å². The Morgan fingerprint density at radius 3 is 1.84 bits per heavy atom. The lowest BCUT2D eigenvalue weighted by Gasteiger charge is -2.29. The summed E-state index contributed by atoms with van der Waals surface area (Å²) >= 11 is 0. The summed E-state index contributed by atoms with van der Waals surface area (Å²) in [5.41, 5.74) is 26.5. The standard InChI is InChI=1S/C74H50N4O/c1-74(2)59-25-11-7-21-52(59)53-34-32-49(43-60(53)74)75(47-31-30-46-40-45-17-4-5-19-50(45)57(46)41-47)64-35-37-66-72-70(64)55-23-8-12-26-62(55)77(72)67-38-36-65(71-56-24-9-13-27-63(56)78(66)73(67)71)76(61-28-15-18-44-16-3-6-20-51(44)61)48-33-39-69-58(42-48)54-22-10-14-29-68(54)79-69/h3-13,15-28,30-39,41-43H,14,29,40H2,1-2H3. The number of allylic oxidation sites excluding steroid dienone is 1. The second kappa shape index (κ2) is 15.6. The van der Waals surface area contributed by atoms with Gasteiger partial charge in [0.1, 0.15) is 11.3 Å². The molecule has 0 unspecified atom stereocenters. The maximum Gasteiger partial charge on any atom is 0.135 e. The highest BCUT2D eigenvalue weighted by molar-refractivity contribution is 6.27. The number of nitrogens with zero attached hydrogens (tertiary/aromatic N) is 4. The van der Waals surface area contributed by atoms with E-state index in [-0.39, 0.29) is 5.41 Å². The molecule has 3 aliphatic rings. The molecule has 5 heteroatoms. The van der Waals surface area contributed by atoms with Gasteiger partial charge in [-0.05, 0) is 148 Å². The van der Waals surface area contributed by atoms with E-state index >= 15 is 0 Å². The Kier molecular flexibility index (Phi) is 8.57. The van der Waals surface area contributed by atoms with Crippen molar-refractivity contribution in [3.05, 3.63) is 258 Å². The SMILES string of the molecule is CC1(C)c2ccccc2-c2ccc(N(c3ccc4c(c3)-c3ccccc3C4)c3ccc4c5c3c3ccccc3n5c3ccc(N(c5ccc6oc7c(c6c5)C=CCC7)c5cccc6ccccc56)c5c6ccccc6n4c53)cc21. The number of furan rings is 1. The lowest BCUT2D eigenvalue weighted by molar-refractivity contribution is 0.546. The van der Waals surface area contributed by atoms with Crippen molar-refractivity contribution >= 4 is 117 Å². The summed E-state index contributed by atoms with van der Waals surface area (Å²) in [6.45, 7) is 4.78. The summed E-state index contributed by atoms with van der Waals surface area (Å²) < 4.78 is 11.7. The van der Waals surface area contributed by atoms with E-state index in [9.17, 15) is 0 Å². The minimum absolute atomic E-state index is 0.171. The molecule has 5 nitrogen and oxygen atoms in total. The molecule has 0 radical (unpaired) electrons. The lowest BCUT2D eigenvalue weighted by Crippen LogP contribution is -2.16. The Morgan fingerprint density at radius 1 is 0.430 bits per heavy atom. The monoisotopic (exact) mass is 1010 g/mol. The van der Waals surface area contributed by atoms with Gasteiger partial charge in [-0.2, -0.15) is 0 Å². The van der Waals surface area contributed by atoms with Gasteiger partial charge in [0.2, 0.25) is 0 Å². The predicted octanol–water partition coefficient (Wildman–Crippen LogP) is 19.9. The summed E-state index contributed by atoms with van der Waals surface area (Å²) in [4.78, 5) is 5.07. The number of hydrogen-bond donors (Lipinski definition) is 0. The third kappa shape index (κ3) is 5.78. The first-order chi connectivity index (χ1) is 39.0. The number of aryl methyl sites for hydroxylation is 1. The fourth-order valence-corrected chi connectivity index (χ4v) is 14.8. The van der Waals surface area contributed by atoms with Crippen molar-refractivity contribution < 1.29 is 4.42 Å². The summed E-state index contributed by atoms with van der Waals surface area (Å²) in [5.74, 6) is 1.07. The quantitative estimate of drug-likeness (QED) is 0.155. The Morgan fingerprint density at radius 2 is 1.04 bits per heavy atom. The van der Waals surface area contributed by atoms with Gasteiger partial charge in [-0.15, -0.1) is 0 Å². The van der Waals surface area contributed by atoms with Crippen LogP contribution >= 0.6 is 0 Å². The van der Waals surface area contributed by atoms with Crippen LogP contribution < -0.4 is 9.80 Å². The van der Waals surface area contributed by atoms with E-state index in [0.29, 0.717) is 0 Å². The van der Waals surface area contributed by atoms with Gasteiger partial charge in [0.25, 0.3) is 0 Å². The zero-order valence-corrected chi connectivity index (χ0v) is 43.8. The Balaban J connectivity index is 0.933. The van der Waals surface area contributed by atoms with E-state index in [1.54, 1.807) is 0 Å². The molecule has 4 heterocycles. The minimum Gasteiger partial charge on any atom is -0.460 e. The molecular weight excluding hydrogens is 961 g/mol. The van der Waals surface area contributed by atoms with Crippen LogP contribution in [0.1, 0.15) is 53.8 Å². The van der Waals surface area contributed by atoms with Crippen LogP contribution in [0.2, 0.25) is 0 Å². The van der Waals surface area contributed by atoms with Crippen LogP contribution in [0, 0.1) is 0 Å². The van der Waals surface area contributed by atoms with Gasteiger partial charge in [0, 0.05) is 66.8 Å². The molecule has 11 aromatic carbocycles. The van der Waals surface area contributed by atoms with Gasteiger partial charge in [0.05, 0.1) is 50.2 Å². The molecule has 372 valence electrons. The number of benzene rings is 11. The molecule has 0 amide bonds. The number of fused-ring (bicyclic) bond motifs is 18. The highest BCUT2D eigenvalue weighted by Gasteiger charge is 2.37. The Hall–Kier alpha value is -9.84. The van der Waals surface area contributed by atoms with Gasteiger partial charge in [-0.25, -0.2) is 0 Å². The first-order valence-corrected chi connectivity index (χ1v) is 27.8. The molecule has 4 aromatic heterocycles. The van der Waals surface area contributed by atoms with Gasteiger partial charge in [0.15, 0.2) is 0 Å². The summed E-state index contributed by atoms with van der Waals surface area (Å²) in [6, 6.07) is 82.3. The first-order valence-electron chi connectivity index (χ1n) is 27.8. The highest BCUT2D eigenvalue weighted by Crippen LogP contribution is 2.55. The van der Waals surface area contributed by atoms with Gasteiger partial charge >= 0.3 is 0 Å². The molecule has 15 aromatic rings. The van der Waals surface area contributed by atoms with Crippen LogP contribution in [0.4, 0.5) is 34.1 Å². The molecule has 0 atom stereocenters. The van der Waals surface area contributed by atoms with Crippen LogP contribution in [0.5, 0.6) is 0 Å².